The molecular formula is C18H20N6O2S. The molecule has 9 heteroatoms. The lowest BCUT2D eigenvalue weighted by Crippen LogP contribution is -2.28. The molecule has 0 bridgehead atoms. The van der Waals surface area contributed by atoms with E-state index < -0.39 is 6.03 Å². The molecule has 0 saturated carbocycles. The molecule has 2 heterocycles. The molecule has 1 atom stereocenters. The number of aliphatic imine (C=N–C) groups is 1. The summed E-state index contributed by atoms with van der Waals surface area (Å²) >= 11 is 1.39. The van der Waals surface area contributed by atoms with Crippen molar-refractivity contribution in [2.45, 2.75) is 19.5 Å². The Kier molecular flexibility index (Phi) is 5.72. The number of carbonyl (C=O) groups excluding carboxylic acids is 1. The van der Waals surface area contributed by atoms with Crippen LogP contribution in [0.25, 0.3) is 11.5 Å². The summed E-state index contributed by atoms with van der Waals surface area (Å²) in [4.78, 5) is 19.6. The highest BCUT2D eigenvalue weighted by atomic mass is 32.1. The van der Waals surface area contributed by atoms with E-state index in [9.17, 15) is 4.79 Å². The summed E-state index contributed by atoms with van der Waals surface area (Å²) < 4.78 is 5.65. The number of hydrogen-bond donors (Lipinski definition) is 4. The van der Waals surface area contributed by atoms with Gasteiger partial charge in [0.2, 0.25) is 0 Å². The Bertz CT molecular complexity index is 934. The minimum absolute atomic E-state index is 0.0662. The molecule has 0 aliphatic carbocycles. The lowest BCUT2D eigenvalue weighted by molar-refractivity contribution is 0.247. The average Bonchev–Trinajstić information content (AvgIpc) is 3.29. The lowest BCUT2D eigenvalue weighted by atomic mass is 10.1. The number of urea groups is 1. The van der Waals surface area contributed by atoms with E-state index in [0.717, 1.165) is 5.56 Å². The number of amides is 2. The highest BCUT2D eigenvalue weighted by molar-refractivity contribution is 7.14. The van der Waals surface area contributed by atoms with Crippen molar-refractivity contribution in [3.8, 4) is 11.5 Å². The number of anilines is 1. The van der Waals surface area contributed by atoms with Crippen molar-refractivity contribution >= 4 is 28.5 Å². The molecule has 6 N–H and O–H groups in total. The Hall–Kier alpha value is -3.33. The smallest absolute Gasteiger partial charge is 0.312 e. The van der Waals surface area contributed by atoms with Crippen LogP contribution in [-0.2, 0) is 6.54 Å². The van der Waals surface area contributed by atoms with Crippen LogP contribution in [0, 0.1) is 0 Å². The molecule has 1 unspecified atom stereocenters. The monoisotopic (exact) mass is 384 g/mol. The Morgan fingerprint density at radius 3 is 2.78 bits per heavy atom. The maximum atomic E-state index is 10.7. The van der Waals surface area contributed by atoms with Gasteiger partial charge in [-0.15, -0.1) is 11.3 Å². The van der Waals surface area contributed by atoms with Crippen LogP contribution < -0.4 is 22.1 Å². The molecule has 0 spiro atoms. The Balaban J connectivity index is 1.64. The van der Waals surface area contributed by atoms with Gasteiger partial charge in [0.15, 0.2) is 16.9 Å². The molecule has 3 aromatic rings. The van der Waals surface area contributed by atoms with E-state index in [-0.39, 0.29) is 18.5 Å². The molecule has 140 valence electrons. The second-order valence-corrected chi connectivity index (χ2v) is 6.61. The molecule has 27 heavy (non-hydrogen) atoms. The molecule has 0 aliphatic heterocycles. The summed E-state index contributed by atoms with van der Waals surface area (Å²) in [6.45, 7) is 2.20. The van der Waals surface area contributed by atoms with Gasteiger partial charge in [-0.05, 0) is 24.6 Å². The third kappa shape index (κ3) is 5.08. The van der Waals surface area contributed by atoms with E-state index in [2.05, 4.69) is 20.6 Å². The number of carbonyl (C=O) groups is 1. The van der Waals surface area contributed by atoms with E-state index in [0.29, 0.717) is 22.3 Å². The third-order valence-corrected chi connectivity index (χ3v) is 4.46. The van der Waals surface area contributed by atoms with Crippen LogP contribution in [0.3, 0.4) is 0 Å². The van der Waals surface area contributed by atoms with Crippen LogP contribution >= 0.6 is 11.3 Å². The fourth-order valence-electron chi connectivity index (χ4n) is 2.39. The van der Waals surface area contributed by atoms with Gasteiger partial charge >= 0.3 is 6.03 Å². The zero-order valence-electron chi connectivity index (χ0n) is 14.7. The topological polar surface area (TPSA) is 132 Å². The third-order valence-electron chi connectivity index (χ3n) is 3.70. The molecule has 3 rings (SSSR count). The van der Waals surface area contributed by atoms with Gasteiger partial charge in [0.05, 0.1) is 12.6 Å². The van der Waals surface area contributed by atoms with Gasteiger partial charge in [0, 0.05) is 5.38 Å². The summed E-state index contributed by atoms with van der Waals surface area (Å²) in [6, 6.07) is 12.8. The highest BCUT2D eigenvalue weighted by Crippen LogP contribution is 2.26. The predicted octanol–water partition coefficient (Wildman–Crippen LogP) is 3.06. The fraction of sp³-hybridized carbons (Fsp3) is 0.167. The van der Waals surface area contributed by atoms with E-state index in [1.54, 1.807) is 12.1 Å². The number of primary amides is 1. The maximum Gasteiger partial charge on any atom is 0.312 e. The summed E-state index contributed by atoms with van der Waals surface area (Å²) in [5.74, 6) is 1.47. The number of nitrogens with one attached hydrogen (secondary N) is 2. The van der Waals surface area contributed by atoms with Crippen molar-refractivity contribution in [2.75, 3.05) is 5.32 Å². The van der Waals surface area contributed by atoms with Crippen LogP contribution in [0.4, 0.5) is 9.93 Å². The lowest BCUT2D eigenvalue weighted by Gasteiger charge is -2.08. The predicted molar refractivity (Wildman–Crippen MR) is 106 cm³/mol. The van der Waals surface area contributed by atoms with Crippen LogP contribution in [0.5, 0.6) is 0 Å². The molecule has 8 nitrogen and oxygen atoms in total. The number of nitrogens with zero attached hydrogens (tertiary/aromatic N) is 2. The zero-order chi connectivity index (χ0) is 19.2. The van der Waals surface area contributed by atoms with Crippen molar-refractivity contribution in [3.63, 3.8) is 0 Å². The number of furan rings is 1. The number of hydrogen-bond acceptors (Lipinski definition) is 5. The maximum absolute atomic E-state index is 10.7. The number of nitrogens with two attached hydrogens (primary N) is 2. The fourth-order valence-corrected chi connectivity index (χ4v) is 3.09. The minimum atomic E-state index is -0.604. The van der Waals surface area contributed by atoms with Gasteiger partial charge < -0.3 is 26.5 Å². The first-order valence-electron chi connectivity index (χ1n) is 8.24. The second-order valence-electron chi connectivity index (χ2n) is 5.75. The minimum Gasteiger partial charge on any atom is -0.458 e. The van der Waals surface area contributed by atoms with Crippen LogP contribution in [0.2, 0.25) is 0 Å². The van der Waals surface area contributed by atoms with E-state index in [4.69, 9.17) is 15.9 Å². The first-order chi connectivity index (χ1) is 13.0. The number of aromatic nitrogens is 1. The van der Waals surface area contributed by atoms with Gasteiger partial charge in [-0.1, -0.05) is 30.3 Å². The SMILES string of the molecule is CC(N=C(N)Nc1nc(-c2ccc(CNC(N)=O)o2)cs1)c1ccccc1. The number of rotatable bonds is 6. The van der Waals surface area contributed by atoms with Crippen LogP contribution in [0.15, 0.2) is 57.3 Å². The normalized spacial score (nSPS) is 12.6. The largest absolute Gasteiger partial charge is 0.458 e. The van der Waals surface area contributed by atoms with Gasteiger partial charge in [0.25, 0.3) is 0 Å². The van der Waals surface area contributed by atoms with E-state index in [1.807, 2.05) is 42.6 Å². The van der Waals surface area contributed by atoms with Crippen LogP contribution in [0.1, 0.15) is 24.3 Å². The number of guanidine groups is 1. The Labute approximate surface area is 160 Å². The van der Waals surface area contributed by atoms with E-state index in [1.165, 1.54) is 11.3 Å². The molecule has 2 amide bonds. The average molecular weight is 384 g/mol. The Morgan fingerprint density at radius 2 is 2.04 bits per heavy atom. The molecule has 0 fully saturated rings. The number of benzene rings is 1. The van der Waals surface area contributed by atoms with Gasteiger partial charge in [0.1, 0.15) is 11.5 Å². The van der Waals surface area contributed by atoms with Crippen molar-refractivity contribution < 1.29 is 9.21 Å². The van der Waals surface area contributed by atoms with Crippen molar-refractivity contribution in [3.05, 3.63) is 59.2 Å². The molecule has 0 aliphatic rings. The van der Waals surface area contributed by atoms with Crippen LogP contribution in [-0.4, -0.2) is 17.0 Å². The summed E-state index contributed by atoms with van der Waals surface area (Å²) in [5.41, 5.74) is 12.8. The zero-order valence-corrected chi connectivity index (χ0v) is 15.5. The first-order valence-corrected chi connectivity index (χ1v) is 9.12. The standard InChI is InChI=1S/C18H20N6O2S/c1-11(12-5-3-2-4-6-12)22-16(19)24-18-23-14(10-27-18)15-8-7-13(26-15)9-21-17(20)25/h2-8,10-11H,9H2,1H3,(H3,20,21,25)(H3,19,22,23,24). The molecule has 0 radical (unpaired) electrons. The van der Waals surface area contributed by atoms with Crippen molar-refractivity contribution in [1.29, 1.82) is 0 Å². The van der Waals surface area contributed by atoms with E-state index >= 15 is 0 Å². The first kappa shape index (κ1) is 18.5. The van der Waals surface area contributed by atoms with Gasteiger partial charge in [-0.2, -0.15) is 0 Å². The van der Waals surface area contributed by atoms with Crippen molar-refractivity contribution in [1.82, 2.24) is 10.3 Å². The van der Waals surface area contributed by atoms with Gasteiger partial charge in [-0.3, -0.25) is 0 Å². The molecule has 2 aromatic heterocycles. The molecule has 0 saturated heterocycles. The molecular weight excluding hydrogens is 364 g/mol. The molecule has 1 aromatic carbocycles. The second kappa shape index (κ2) is 8.37. The highest BCUT2D eigenvalue weighted by Gasteiger charge is 2.11. The quantitative estimate of drug-likeness (QED) is 0.383. The van der Waals surface area contributed by atoms with Crippen molar-refractivity contribution in [2.24, 2.45) is 16.5 Å². The summed E-state index contributed by atoms with van der Waals surface area (Å²) in [6.07, 6.45) is 0. The van der Waals surface area contributed by atoms with Gasteiger partial charge in [-0.25, -0.2) is 14.8 Å². The Morgan fingerprint density at radius 1 is 1.26 bits per heavy atom. The summed E-state index contributed by atoms with van der Waals surface area (Å²) in [5, 5.41) is 7.93. The number of thiazole rings is 1. The summed E-state index contributed by atoms with van der Waals surface area (Å²) in [7, 11) is 0.